The van der Waals surface area contributed by atoms with E-state index >= 15 is 0 Å². The van der Waals surface area contributed by atoms with Gasteiger partial charge in [0.15, 0.2) is 0 Å². The molecule has 0 radical (unpaired) electrons. The first-order valence-corrected chi connectivity index (χ1v) is 9.31. The van der Waals surface area contributed by atoms with Crippen LogP contribution < -0.4 is 4.90 Å². The minimum atomic E-state index is -0.466. The number of anilines is 1. The molecule has 2 aromatic carbocycles. The molecular weight excluding hydrogens is 406 g/mol. The first kappa shape index (κ1) is 18.6. The molecule has 0 bridgehead atoms. The number of hydrogen-bond acceptors (Lipinski definition) is 5. The number of piperazine rings is 1. The van der Waals surface area contributed by atoms with Crippen molar-refractivity contribution in [1.29, 1.82) is 0 Å². The second-order valence-corrected chi connectivity index (χ2v) is 7.11. The van der Waals surface area contributed by atoms with E-state index in [4.69, 9.17) is 23.2 Å². The number of halogens is 3. The molecule has 144 valence electrons. The van der Waals surface area contributed by atoms with E-state index < -0.39 is 5.82 Å². The summed E-state index contributed by atoms with van der Waals surface area (Å²) < 4.78 is 15.0. The van der Waals surface area contributed by atoms with Gasteiger partial charge in [0.25, 0.3) is 5.91 Å². The van der Waals surface area contributed by atoms with Gasteiger partial charge < -0.3 is 9.80 Å². The lowest BCUT2D eigenvalue weighted by Gasteiger charge is -2.36. The van der Waals surface area contributed by atoms with Crippen molar-refractivity contribution in [2.45, 2.75) is 0 Å². The molecule has 28 heavy (non-hydrogen) atoms. The van der Waals surface area contributed by atoms with Crippen LogP contribution in [0.15, 0.2) is 42.7 Å². The standard InChI is InChI=1S/C18H15Cl2FN6O/c19-15-4-2-13(10-16(15)20)25-5-7-26(8-6-25)18(28)14-3-1-12(21)9-17(14)27-11-22-23-24-27/h1-4,9-11H,5-8H2. The van der Waals surface area contributed by atoms with Crippen LogP contribution in [0.4, 0.5) is 10.1 Å². The lowest BCUT2D eigenvalue weighted by Crippen LogP contribution is -2.49. The molecule has 0 N–H and O–H groups in total. The van der Waals surface area contributed by atoms with Crippen LogP contribution in [-0.4, -0.2) is 57.2 Å². The lowest BCUT2D eigenvalue weighted by atomic mass is 10.1. The number of benzene rings is 2. The van der Waals surface area contributed by atoms with E-state index in [1.807, 2.05) is 12.1 Å². The fourth-order valence-corrected chi connectivity index (χ4v) is 3.46. The van der Waals surface area contributed by atoms with Crippen LogP contribution >= 0.6 is 23.2 Å². The van der Waals surface area contributed by atoms with Gasteiger partial charge in [-0.2, -0.15) is 4.68 Å². The van der Waals surface area contributed by atoms with E-state index in [-0.39, 0.29) is 5.91 Å². The molecule has 2 heterocycles. The summed E-state index contributed by atoms with van der Waals surface area (Å²) in [4.78, 5) is 16.9. The van der Waals surface area contributed by atoms with Crippen molar-refractivity contribution < 1.29 is 9.18 Å². The Kier molecular flexibility index (Phi) is 5.15. The number of carbonyl (C=O) groups is 1. The van der Waals surface area contributed by atoms with Crippen LogP contribution in [-0.2, 0) is 0 Å². The predicted octanol–water partition coefficient (Wildman–Crippen LogP) is 3.07. The Morgan fingerprint density at radius 3 is 2.46 bits per heavy atom. The first-order chi connectivity index (χ1) is 13.5. The molecule has 1 aromatic heterocycles. The number of aromatic nitrogens is 4. The lowest BCUT2D eigenvalue weighted by molar-refractivity contribution is 0.0746. The largest absolute Gasteiger partial charge is 0.368 e. The molecular formula is C18H15Cl2FN6O. The van der Waals surface area contributed by atoms with Crippen molar-refractivity contribution in [3.63, 3.8) is 0 Å². The minimum Gasteiger partial charge on any atom is -0.368 e. The average molecular weight is 421 g/mol. The Labute approximate surface area is 170 Å². The van der Waals surface area contributed by atoms with Gasteiger partial charge in [0, 0.05) is 37.9 Å². The van der Waals surface area contributed by atoms with Crippen LogP contribution in [0, 0.1) is 5.82 Å². The van der Waals surface area contributed by atoms with Gasteiger partial charge in [-0.1, -0.05) is 23.2 Å². The third-order valence-electron chi connectivity index (χ3n) is 4.62. The number of carbonyl (C=O) groups excluding carboxylic acids is 1. The highest BCUT2D eigenvalue weighted by Crippen LogP contribution is 2.28. The molecule has 4 rings (SSSR count). The van der Waals surface area contributed by atoms with Crippen LogP contribution in [0.1, 0.15) is 10.4 Å². The molecule has 10 heteroatoms. The minimum absolute atomic E-state index is 0.195. The molecule has 1 aliphatic rings. The Bertz CT molecular complexity index is 1010. The summed E-state index contributed by atoms with van der Waals surface area (Å²) in [6.45, 7) is 2.33. The highest BCUT2D eigenvalue weighted by atomic mass is 35.5. The Morgan fingerprint density at radius 2 is 1.79 bits per heavy atom. The van der Waals surface area contributed by atoms with Crippen molar-refractivity contribution in [3.8, 4) is 5.69 Å². The molecule has 0 aliphatic carbocycles. The molecule has 3 aromatic rings. The maximum Gasteiger partial charge on any atom is 0.256 e. The maximum atomic E-state index is 13.7. The smallest absolute Gasteiger partial charge is 0.256 e. The molecule has 1 amide bonds. The summed E-state index contributed by atoms with van der Waals surface area (Å²) in [5, 5.41) is 11.9. The Balaban J connectivity index is 1.51. The van der Waals surface area contributed by atoms with Crippen LogP contribution in [0.3, 0.4) is 0 Å². The summed E-state index contributed by atoms with van der Waals surface area (Å²) in [6.07, 6.45) is 1.33. The zero-order valence-corrected chi connectivity index (χ0v) is 16.1. The number of hydrogen-bond donors (Lipinski definition) is 0. The van der Waals surface area contributed by atoms with Crippen molar-refractivity contribution in [2.24, 2.45) is 0 Å². The molecule has 0 saturated carbocycles. The van der Waals surface area contributed by atoms with E-state index in [1.54, 1.807) is 11.0 Å². The van der Waals surface area contributed by atoms with Crippen molar-refractivity contribution in [2.75, 3.05) is 31.1 Å². The second kappa shape index (κ2) is 7.73. The van der Waals surface area contributed by atoms with Crippen LogP contribution in [0.2, 0.25) is 10.0 Å². The van der Waals surface area contributed by atoms with Gasteiger partial charge in [-0.3, -0.25) is 4.79 Å². The fraction of sp³-hybridized carbons (Fsp3) is 0.222. The molecule has 1 fully saturated rings. The van der Waals surface area contributed by atoms with Crippen LogP contribution in [0.5, 0.6) is 0 Å². The fourth-order valence-electron chi connectivity index (χ4n) is 3.17. The quantitative estimate of drug-likeness (QED) is 0.651. The van der Waals surface area contributed by atoms with Crippen LogP contribution in [0.25, 0.3) is 5.69 Å². The molecule has 0 atom stereocenters. The molecule has 1 aliphatic heterocycles. The number of tetrazole rings is 1. The van der Waals surface area contributed by atoms with Gasteiger partial charge in [-0.05, 0) is 40.8 Å². The van der Waals surface area contributed by atoms with Gasteiger partial charge in [-0.25, -0.2) is 4.39 Å². The topological polar surface area (TPSA) is 67.2 Å². The van der Waals surface area contributed by atoms with E-state index in [0.29, 0.717) is 47.5 Å². The van der Waals surface area contributed by atoms with Gasteiger partial charge in [0.2, 0.25) is 0 Å². The van der Waals surface area contributed by atoms with E-state index in [9.17, 15) is 9.18 Å². The highest BCUT2D eigenvalue weighted by molar-refractivity contribution is 6.42. The molecule has 0 unspecified atom stereocenters. The van der Waals surface area contributed by atoms with Crippen molar-refractivity contribution >= 4 is 34.8 Å². The van der Waals surface area contributed by atoms with E-state index in [2.05, 4.69) is 20.4 Å². The summed E-state index contributed by atoms with van der Waals surface area (Å²) in [5.74, 6) is -0.661. The zero-order chi connectivity index (χ0) is 19.7. The predicted molar refractivity (Wildman–Crippen MR) is 104 cm³/mol. The third-order valence-corrected chi connectivity index (χ3v) is 5.36. The van der Waals surface area contributed by atoms with Gasteiger partial charge in [-0.15, -0.1) is 5.10 Å². The van der Waals surface area contributed by atoms with Crippen molar-refractivity contribution in [1.82, 2.24) is 25.1 Å². The SMILES string of the molecule is O=C(c1ccc(F)cc1-n1cnnn1)N1CCN(c2ccc(Cl)c(Cl)c2)CC1. The van der Waals surface area contributed by atoms with Gasteiger partial charge in [0.1, 0.15) is 12.1 Å². The highest BCUT2D eigenvalue weighted by Gasteiger charge is 2.25. The average Bonchev–Trinajstić information content (AvgIpc) is 3.24. The molecule has 1 saturated heterocycles. The zero-order valence-electron chi connectivity index (χ0n) is 14.6. The third kappa shape index (κ3) is 3.65. The summed E-state index contributed by atoms with van der Waals surface area (Å²) in [6, 6.07) is 9.44. The van der Waals surface area contributed by atoms with Gasteiger partial charge >= 0.3 is 0 Å². The van der Waals surface area contributed by atoms with E-state index in [1.165, 1.54) is 29.2 Å². The number of rotatable bonds is 3. The normalized spacial score (nSPS) is 14.4. The molecule has 0 spiro atoms. The summed E-state index contributed by atoms with van der Waals surface area (Å²) in [7, 11) is 0. The summed E-state index contributed by atoms with van der Waals surface area (Å²) in [5.41, 5.74) is 1.61. The Morgan fingerprint density at radius 1 is 1.00 bits per heavy atom. The summed E-state index contributed by atoms with van der Waals surface area (Å²) >= 11 is 12.1. The van der Waals surface area contributed by atoms with Crippen molar-refractivity contribution in [3.05, 3.63) is 64.2 Å². The maximum absolute atomic E-state index is 13.7. The first-order valence-electron chi connectivity index (χ1n) is 8.55. The number of amides is 1. The molecule has 7 nitrogen and oxygen atoms in total. The van der Waals surface area contributed by atoms with E-state index in [0.717, 1.165) is 5.69 Å². The van der Waals surface area contributed by atoms with Gasteiger partial charge in [0.05, 0.1) is 21.3 Å². The Hall–Kier alpha value is -2.71. The second-order valence-electron chi connectivity index (χ2n) is 6.29. The monoisotopic (exact) mass is 420 g/mol. The number of nitrogens with zero attached hydrogens (tertiary/aromatic N) is 6.